The molecule has 0 aliphatic heterocycles. The highest BCUT2D eigenvalue weighted by Gasteiger charge is 2.11. The number of benzene rings is 1. The van der Waals surface area contributed by atoms with Crippen molar-refractivity contribution >= 4 is 29.1 Å². The fourth-order valence-electron chi connectivity index (χ4n) is 2.82. The Labute approximate surface area is 191 Å². The van der Waals surface area contributed by atoms with Crippen LogP contribution in [0.15, 0.2) is 64.8 Å². The number of hydrazine groups is 1. The summed E-state index contributed by atoms with van der Waals surface area (Å²) in [5.41, 5.74) is 6.98. The summed E-state index contributed by atoms with van der Waals surface area (Å²) >= 11 is 0. The lowest BCUT2D eigenvalue weighted by Crippen LogP contribution is -2.29. The molecular weight excluding hydrogens is 426 g/mol. The van der Waals surface area contributed by atoms with E-state index < -0.39 is 6.03 Å². The number of allylic oxidation sites excluding steroid dienone is 1. The van der Waals surface area contributed by atoms with Crippen molar-refractivity contribution in [2.75, 3.05) is 0 Å². The number of carbonyl (C=O) groups is 1. The van der Waals surface area contributed by atoms with Crippen LogP contribution in [0, 0.1) is 5.92 Å². The highest BCUT2D eigenvalue weighted by molar-refractivity contribution is 6.02. The summed E-state index contributed by atoms with van der Waals surface area (Å²) in [6.07, 6.45) is 5.48. The molecule has 0 aliphatic carbocycles. The Balaban J connectivity index is 0.00000408. The molecule has 0 fully saturated rings. The fourth-order valence-corrected chi connectivity index (χ4v) is 2.82. The number of amidine groups is 1. The van der Waals surface area contributed by atoms with Gasteiger partial charge in [0.05, 0.1) is 23.5 Å². The first-order valence-electron chi connectivity index (χ1n) is 9.90. The molecule has 0 saturated heterocycles. The van der Waals surface area contributed by atoms with Gasteiger partial charge in [0.2, 0.25) is 5.88 Å². The van der Waals surface area contributed by atoms with Crippen molar-refractivity contribution in [1.82, 2.24) is 19.5 Å². The van der Waals surface area contributed by atoms with E-state index in [1.165, 1.54) is 28.3 Å². The molecule has 0 spiro atoms. The Morgan fingerprint density at radius 3 is 2.85 bits per heavy atom. The number of hydrogen-bond donors (Lipinski definition) is 4. The minimum Gasteiger partial charge on any atom is -0.512 e. The molecule has 1 aromatic carbocycles. The highest BCUT2D eigenvalue weighted by atomic mass is 16.5. The quantitative estimate of drug-likeness (QED) is 0.137. The second-order valence-electron chi connectivity index (χ2n) is 7.34. The molecule has 0 saturated carbocycles. The summed E-state index contributed by atoms with van der Waals surface area (Å²) in [5.74, 6) is 11.5. The number of ether oxygens (including phenoxy) is 1. The Morgan fingerprint density at radius 2 is 2.12 bits per heavy atom. The molecule has 7 N–H and O–H groups in total. The van der Waals surface area contributed by atoms with Crippen LogP contribution in [0.2, 0.25) is 0 Å². The third-order valence-corrected chi connectivity index (χ3v) is 4.46. The van der Waals surface area contributed by atoms with E-state index in [4.69, 9.17) is 22.2 Å². The van der Waals surface area contributed by atoms with Crippen molar-refractivity contribution in [1.29, 1.82) is 0 Å². The zero-order valence-electron chi connectivity index (χ0n) is 18.2. The number of amides is 1. The van der Waals surface area contributed by atoms with Gasteiger partial charge in [-0.15, -0.1) is 0 Å². The molecule has 2 aromatic heterocycles. The van der Waals surface area contributed by atoms with Gasteiger partial charge in [-0.25, -0.2) is 20.6 Å². The summed E-state index contributed by atoms with van der Waals surface area (Å²) < 4.78 is 7.17. The van der Waals surface area contributed by atoms with Crippen molar-refractivity contribution in [2.45, 2.75) is 20.4 Å². The summed E-state index contributed by atoms with van der Waals surface area (Å²) in [6.45, 7) is 3.86. The van der Waals surface area contributed by atoms with Crippen LogP contribution in [0.25, 0.3) is 10.9 Å². The van der Waals surface area contributed by atoms with Gasteiger partial charge in [-0.3, -0.25) is 9.58 Å². The van der Waals surface area contributed by atoms with Crippen LogP contribution in [-0.2, 0) is 6.54 Å². The molecule has 0 unspecified atom stereocenters. The lowest BCUT2D eigenvalue weighted by Gasteiger charge is -2.12. The first-order chi connectivity index (χ1) is 15.8. The van der Waals surface area contributed by atoms with Gasteiger partial charge in [-0.2, -0.15) is 10.1 Å². The second-order valence-corrected chi connectivity index (χ2v) is 7.34. The second kappa shape index (κ2) is 10.2. The van der Waals surface area contributed by atoms with E-state index in [0.717, 1.165) is 5.39 Å². The normalized spacial score (nSPS) is 12.6. The van der Waals surface area contributed by atoms with Gasteiger partial charge in [0.15, 0.2) is 0 Å². The van der Waals surface area contributed by atoms with E-state index in [1.807, 2.05) is 0 Å². The van der Waals surface area contributed by atoms with Crippen LogP contribution in [0.3, 0.4) is 0 Å². The molecule has 1 amide bonds. The predicted molar refractivity (Wildman–Crippen MR) is 127 cm³/mol. The summed E-state index contributed by atoms with van der Waals surface area (Å²) in [4.78, 5) is 24.6. The molecule has 33 heavy (non-hydrogen) atoms. The number of nitrogens with zero attached hydrogens (tertiary/aromatic N) is 6. The van der Waals surface area contributed by atoms with Gasteiger partial charge in [0.25, 0.3) is 0 Å². The molecule has 0 radical (unpaired) electrons. The molecule has 0 aliphatic rings. The number of aliphatic hydroxyl groups excluding tert-OH is 1. The van der Waals surface area contributed by atoms with E-state index in [-0.39, 0.29) is 25.5 Å². The number of aliphatic imine (C=N–C) groups is 1. The minimum absolute atomic E-state index is 0. The van der Waals surface area contributed by atoms with Crippen molar-refractivity contribution in [2.24, 2.45) is 33.4 Å². The fraction of sp³-hybridized carbons (Fsp3) is 0.190. The Kier molecular flexibility index (Phi) is 7.20. The number of hydrogen-bond acceptors (Lipinski definition) is 8. The molecule has 174 valence electrons. The molecule has 2 heterocycles. The Bertz CT molecular complexity index is 1240. The van der Waals surface area contributed by atoms with Crippen molar-refractivity contribution < 1.29 is 16.1 Å². The first kappa shape index (κ1) is 23.2. The van der Waals surface area contributed by atoms with Crippen LogP contribution < -0.4 is 22.2 Å². The summed E-state index contributed by atoms with van der Waals surface area (Å²) in [7, 11) is 0. The van der Waals surface area contributed by atoms with Gasteiger partial charge in [-0.05, 0) is 24.3 Å². The number of carbonyl (C=O) groups excluding carboxylic acids is 1. The maximum absolute atomic E-state index is 12.5. The number of fused-ring (bicyclic) bond motifs is 1. The van der Waals surface area contributed by atoms with E-state index in [1.54, 1.807) is 50.4 Å². The van der Waals surface area contributed by atoms with Crippen LogP contribution >= 0.6 is 0 Å². The largest absolute Gasteiger partial charge is 0.512 e. The average molecular weight is 454 g/mol. The number of aromatic nitrogens is 3. The SMILES string of the molecule is CC(C)/C(O)=C/C(N)=N\C(=O)n1ccc2cc(Oc3cc(CN(N)/C=N\N)ncn3)ccc21.[HH]. The first-order valence-corrected chi connectivity index (χ1v) is 9.90. The smallest absolute Gasteiger partial charge is 0.354 e. The average Bonchev–Trinajstić information content (AvgIpc) is 3.17. The Hall–Kier alpha value is -4.45. The molecule has 0 atom stereocenters. The van der Waals surface area contributed by atoms with E-state index in [2.05, 4.69) is 20.1 Å². The standard InChI is InChI=1S/C21H25N9O3.H2/c1-13(2)18(31)9-19(22)28-21(32)30-6-5-14-7-16(3-4-17(14)30)33-20-8-15(25-11-26-20)10-29(24)12-27-23;/h3-9,11-13,31H,10,23-24H2,1-2H3,(H2,22,28,32);1H/b18-9-,27-12-;. The lowest BCUT2D eigenvalue weighted by molar-refractivity contribution is 0.251. The van der Waals surface area contributed by atoms with Gasteiger partial charge >= 0.3 is 6.03 Å². The third-order valence-electron chi connectivity index (χ3n) is 4.46. The molecule has 12 nitrogen and oxygen atoms in total. The molecule has 3 rings (SSSR count). The number of nitrogens with two attached hydrogens (primary N) is 3. The monoisotopic (exact) mass is 453 g/mol. The zero-order chi connectivity index (χ0) is 24.0. The van der Waals surface area contributed by atoms with E-state index in [0.29, 0.717) is 22.8 Å². The van der Waals surface area contributed by atoms with Crippen molar-refractivity contribution in [3.05, 3.63) is 60.4 Å². The number of rotatable bonds is 7. The van der Waals surface area contributed by atoms with Crippen molar-refractivity contribution in [3.63, 3.8) is 0 Å². The molecular formula is C21H27N9O3. The number of aliphatic hydroxyl groups is 1. The van der Waals surface area contributed by atoms with Gasteiger partial charge < -0.3 is 21.4 Å². The van der Waals surface area contributed by atoms with Crippen LogP contribution in [0.4, 0.5) is 4.79 Å². The van der Waals surface area contributed by atoms with Gasteiger partial charge in [-0.1, -0.05) is 13.8 Å². The lowest BCUT2D eigenvalue weighted by atomic mass is 10.1. The van der Waals surface area contributed by atoms with Crippen LogP contribution in [0.5, 0.6) is 11.6 Å². The predicted octanol–water partition coefficient (Wildman–Crippen LogP) is 2.47. The zero-order valence-corrected chi connectivity index (χ0v) is 18.2. The van der Waals surface area contributed by atoms with Crippen molar-refractivity contribution in [3.8, 4) is 11.6 Å². The topological polar surface area (TPSA) is 183 Å². The summed E-state index contributed by atoms with van der Waals surface area (Å²) in [5, 5.41) is 15.2. The van der Waals surface area contributed by atoms with E-state index >= 15 is 0 Å². The Morgan fingerprint density at radius 1 is 1.33 bits per heavy atom. The van der Waals surface area contributed by atoms with Crippen LogP contribution in [0.1, 0.15) is 21.0 Å². The highest BCUT2D eigenvalue weighted by Crippen LogP contribution is 2.26. The third kappa shape index (κ3) is 6.04. The number of hydrazone groups is 1. The molecule has 3 aromatic rings. The van der Waals surface area contributed by atoms with Crippen LogP contribution in [-0.4, -0.2) is 42.9 Å². The maximum atomic E-state index is 12.5. The summed E-state index contributed by atoms with van der Waals surface area (Å²) in [6, 6.07) is 7.97. The van der Waals surface area contributed by atoms with Gasteiger partial charge in [0.1, 0.15) is 24.3 Å². The molecule has 0 bridgehead atoms. The maximum Gasteiger partial charge on any atom is 0.354 e. The van der Waals surface area contributed by atoms with Gasteiger partial charge in [0, 0.05) is 31.1 Å². The van der Waals surface area contributed by atoms with E-state index in [9.17, 15) is 9.90 Å². The minimum atomic E-state index is -0.586. The molecule has 12 heteroatoms.